The molecular weight excluding hydrogens is 414 g/mol. The first-order chi connectivity index (χ1) is 16.2. The van der Waals surface area contributed by atoms with Gasteiger partial charge in [0, 0.05) is 48.5 Å². The molecule has 0 fully saturated rings. The lowest BCUT2D eigenvalue weighted by Crippen LogP contribution is -2.29. The number of para-hydroxylation sites is 1. The van der Waals surface area contributed by atoms with Crippen LogP contribution in [0.4, 0.5) is 0 Å². The van der Waals surface area contributed by atoms with Gasteiger partial charge in [-0.05, 0) is 53.7 Å². The molecule has 4 aromatic rings. The highest BCUT2D eigenvalue weighted by molar-refractivity contribution is 5.90. The summed E-state index contributed by atoms with van der Waals surface area (Å²) >= 11 is 0. The van der Waals surface area contributed by atoms with E-state index in [9.17, 15) is 4.79 Å². The zero-order valence-corrected chi connectivity index (χ0v) is 18.3. The molecule has 2 aromatic carbocycles. The fourth-order valence-electron chi connectivity index (χ4n) is 4.84. The third kappa shape index (κ3) is 4.60. The summed E-state index contributed by atoms with van der Waals surface area (Å²) in [5.74, 6) is -0.532. The fraction of sp³-hybridized carbons (Fsp3) is 0.231. The molecule has 4 N–H and O–H groups in total. The molecule has 7 heteroatoms. The smallest absolute Gasteiger partial charge is 0.267 e. The van der Waals surface area contributed by atoms with E-state index in [2.05, 4.69) is 62.4 Å². The topological polar surface area (TPSA) is 97.0 Å². The Labute approximate surface area is 192 Å². The second-order valence-corrected chi connectivity index (χ2v) is 8.46. The zero-order chi connectivity index (χ0) is 22.6. The second kappa shape index (κ2) is 9.44. The Morgan fingerprint density at radius 1 is 1.24 bits per heavy atom. The Morgan fingerprint density at radius 2 is 2.15 bits per heavy atom. The van der Waals surface area contributed by atoms with E-state index in [1.165, 1.54) is 33.7 Å². The Kier molecular flexibility index (Phi) is 6.06. The molecule has 33 heavy (non-hydrogen) atoms. The van der Waals surface area contributed by atoms with Gasteiger partial charge in [-0.25, -0.2) is 10.5 Å². The fourth-order valence-corrected chi connectivity index (χ4v) is 4.84. The molecule has 1 aliphatic rings. The lowest BCUT2D eigenvalue weighted by atomic mass is 10.0. The predicted molar refractivity (Wildman–Crippen MR) is 127 cm³/mol. The number of nitrogens with one attached hydrogen (secondary N) is 3. The van der Waals surface area contributed by atoms with Crippen LogP contribution >= 0.6 is 0 Å². The van der Waals surface area contributed by atoms with E-state index in [0.717, 1.165) is 43.6 Å². The Morgan fingerprint density at radius 3 is 3.00 bits per heavy atom. The average Bonchev–Trinajstić information content (AvgIpc) is 3.60. The number of aryl methyl sites for hydroxylation is 1. The summed E-state index contributed by atoms with van der Waals surface area (Å²) in [5.41, 5.74) is 8.77. The van der Waals surface area contributed by atoms with Gasteiger partial charge in [-0.15, -0.1) is 0 Å². The van der Waals surface area contributed by atoms with E-state index in [0.29, 0.717) is 6.04 Å². The van der Waals surface area contributed by atoms with Crippen molar-refractivity contribution in [3.63, 3.8) is 0 Å². The first-order valence-corrected chi connectivity index (χ1v) is 11.2. The average molecular weight is 442 g/mol. The van der Waals surface area contributed by atoms with Crippen LogP contribution in [0.1, 0.15) is 40.4 Å². The molecule has 2 aromatic heterocycles. The summed E-state index contributed by atoms with van der Waals surface area (Å²) in [7, 11) is 0. The number of aromatic nitrogens is 3. The van der Waals surface area contributed by atoms with Gasteiger partial charge in [0.1, 0.15) is 0 Å². The second-order valence-electron chi connectivity index (χ2n) is 8.46. The SMILES string of the molecule is O=C(C=Cc1ccc2c(c1)CCC2N(CCc1c[nH]c2ccccc12)Cc1c[nH]cn1)NO. The minimum absolute atomic E-state index is 0.320. The van der Waals surface area contributed by atoms with E-state index < -0.39 is 5.91 Å². The lowest BCUT2D eigenvalue weighted by molar-refractivity contribution is -0.124. The van der Waals surface area contributed by atoms with Crippen molar-refractivity contribution in [2.24, 2.45) is 0 Å². The molecule has 0 bridgehead atoms. The van der Waals surface area contributed by atoms with Gasteiger partial charge in [0.25, 0.3) is 5.91 Å². The third-order valence-electron chi connectivity index (χ3n) is 6.45. The molecule has 7 nitrogen and oxygen atoms in total. The van der Waals surface area contributed by atoms with Crippen LogP contribution in [0.2, 0.25) is 0 Å². The number of hydrogen-bond donors (Lipinski definition) is 4. The molecule has 168 valence electrons. The molecule has 1 atom stereocenters. The van der Waals surface area contributed by atoms with Crippen LogP contribution in [-0.2, 0) is 24.2 Å². The van der Waals surface area contributed by atoms with Crippen LogP contribution in [0.25, 0.3) is 17.0 Å². The number of imidazole rings is 1. The normalized spacial score (nSPS) is 15.5. The molecule has 5 rings (SSSR count). The molecule has 0 spiro atoms. The lowest BCUT2D eigenvalue weighted by Gasteiger charge is -2.29. The number of hydroxylamine groups is 1. The van der Waals surface area contributed by atoms with Crippen molar-refractivity contribution in [2.45, 2.75) is 31.8 Å². The highest BCUT2D eigenvalue weighted by atomic mass is 16.5. The van der Waals surface area contributed by atoms with Gasteiger partial charge in [0.05, 0.1) is 12.0 Å². The largest absolute Gasteiger partial charge is 0.361 e. The van der Waals surface area contributed by atoms with E-state index in [-0.39, 0.29) is 0 Å². The number of carbonyl (C=O) groups is 1. The monoisotopic (exact) mass is 441 g/mol. The van der Waals surface area contributed by atoms with Gasteiger partial charge < -0.3 is 9.97 Å². The first kappa shape index (κ1) is 21.2. The number of carbonyl (C=O) groups excluding carboxylic acids is 1. The number of rotatable bonds is 8. The highest BCUT2D eigenvalue weighted by Crippen LogP contribution is 2.37. The number of aromatic amines is 2. The maximum absolute atomic E-state index is 11.3. The summed E-state index contributed by atoms with van der Waals surface area (Å²) in [6.45, 7) is 1.71. The number of hydrogen-bond acceptors (Lipinski definition) is 4. The van der Waals surface area contributed by atoms with E-state index in [1.54, 1.807) is 17.9 Å². The minimum Gasteiger partial charge on any atom is -0.361 e. The summed E-state index contributed by atoms with van der Waals surface area (Å²) in [5, 5.41) is 9.97. The van der Waals surface area contributed by atoms with Crippen molar-refractivity contribution >= 4 is 22.9 Å². The third-order valence-corrected chi connectivity index (χ3v) is 6.45. The molecule has 0 radical (unpaired) electrons. The van der Waals surface area contributed by atoms with Crippen LogP contribution in [0.3, 0.4) is 0 Å². The number of benzene rings is 2. The molecule has 1 aliphatic carbocycles. The van der Waals surface area contributed by atoms with Crippen LogP contribution in [0.15, 0.2) is 67.3 Å². The molecular formula is C26H27N5O2. The molecule has 1 unspecified atom stereocenters. The number of nitrogens with zero attached hydrogens (tertiary/aromatic N) is 2. The van der Waals surface area contributed by atoms with Crippen molar-refractivity contribution in [2.75, 3.05) is 6.54 Å². The van der Waals surface area contributed by atoms with Crippen LogP contribution < -0.4 is 5.48 Å². The Balaban J connectivity index is 1.37. The number of H-pyrrole nitrogens is 2. The maximum atomic E-state index is 11.3. The number of amides is 1. The highest BCUT2D eigenvalue weighted by Gasteiger charge is 2.28. The van der Waals surface area contributed by atoms with Gasteiger partial charge in [0.2, 0.25) is 0 Å². The summed E-state index contributed by atoms with van der Waals surface area (Å²) in [6, 6.07) is 15.1. The summed E-state index contributed by atoms with van der Waals surface area (Å²) in [6.07, 6.45) is 11.9. The first-order valence-electron chi connectivity index (χ1n) is 11.2. The zero-order valence-electron chi connectivity index (χ0n) is 18.3. The predicted octanol–water partition coefficient (Wildman–Crippen LogP) is 4.14. The van der Waals surface area contributed by atoms with Crippen LogP contribution in [0.5, 0.6) is 0 Å². The molecule has 0 saturated heterocycles. The number of fused-ring (bicyclic) bond motifs is 2. The van der Waals surface area contributed by atoms with Gasteiger partial charge in [0.15, 0.2) is 0 Å². The minimum atomic E-state index is -0.532. The van der Waals surface area contributed by atoms with Crippen molar-refractivity contribution < 1.29 is 10.0 Å². The van der Waals surface area contributed by atoms with Gasteiger partial charge in [-0.1, -0.05) is 36.4 Å². The molecule has 1 amide bonds. The Hall–Kier alpha value is -3.68. The standard InChI is InChI=1S/C26H27N5O2/c32-26(30-33)10-6-18-5-8-23-19(13-18)7-9-25(23)31(16-21-15-27-17-29-21)12-11-20-14-28-24-4-2-1-3-22(20)24/h1-6,8,10,13-15,17,25,28,33H,7,9,11-12,16H2,(H,27,29)(H,30,32). The van der Waals surface area contributed by atoms with Crippen molar-refractivity contribution in [3.05, 3.63) is 95.2 Å². The van der Waals surface area contributed by atoms with Crippen LogP contribution in [-0.4, -0.2) is 37.5 Å². The molecule has 0 aliphatic heterocycles. The summed E-state index contributed by atoms with van der Waals surface area (Å²) in [4.78, 5) is 24.8. The van der Waals surface area contributed by atoms with Crippen molar-refractivity contribution in [1.82, 2.24) is 25.3 Å². The maximum Gasteiger partial charge on any atom is 0.267 e. The van der Waals surface area contributed by atoms with E-state index in [1.807, 2.05) is 12.3 Å². The van der Waals surface area contributed by atoms with Crippen molar-refractivity contribution in [3.8, 4) is 0 Å². The van der Waals surface area contributed by atoms with Crippen LogP contribution in [0, 0.1) is 0 Å². The van der Waals surface area contributed by atoms with Crippen molar-refractivity contribution in [1.29, 1.82) is 0 Å². The Bertz CT molecular complexity index is 1280. The van der Waals surface area contributed by atoms with E-state index >= 15 is 0 Å². The summed E-state index contributed by atoms with van der Waals surface area (Å²) < 4.78 is 0. The van der Waals surface area contributed by atoms with Gasteiger partial charge >= 0.3 is 0 Å². The van der Waals surface area contributed by atoms with Gasteiger partial charge in [-0.3, -0.25) is 14.9 Å². The van der Waals surface area contributed by atoms with Gasteiger partial charge in [-0.2, -0.15) is 0 Å². The molecule has 0 saturated carbocycles. The van der Waals surface area contributed by atoms with E-state index in [4.69, 9.17) is 5.21 Å². The molecule has 2 heterocycles. The quantitative estimate of drug-likeness (QED) is 0.188.